The van der Waals surface area contributed by atoms with Gasteiger partial charge in [-0.1, -0.05) is 29.3 Å². The van der Waals surface area contributed by atoms with E-state index in [1.807, 2.05) is 31.2 Å². The van der Waals surface area contributed by atoms with Crippen molar-refractivity contribution < 1.29 is 23.1 Å². The molecule has 0 radical (unpaired) electrons. The molecule has 0 N–H and O–H groups in total. The van der Waals surface area contributed by atoms with Crippen molar-refractivity contribution in [2.75, 3.05) is 7.11 Å². The van der Waals surface area contributed by atoms with Gasteiger partial charge < -0.3 is 9.53 Å². The summed E-state index contributed by atoms with van der Waals surface area (Å²) >= 11 is 5.61. The molecule has 0 aliphatic carbocycles. The molecule has 0 saturated carbocycles. The molecule has 2 aromatic carbocycles. The molecule has 0 aliphatic heterocycles. The lowest BCUT2D eigenvalue weighted by Gasteiger charge is -2.03. The van der Waals surface area contributed by atoms with E-state index in [4.69, 9.17) is 16.3 Å². The minimum Gasteiger partial charge on any atom is -0.497 e. The molecule has 3 aromatic rings. The average Bonchev–Trinajstić information content (AvgIpc) is 2.98. The average molecular weight is 394 g/mol. The molecule has 7 heteroatoms. The lowest BCUT2D eigenvalue weighted by atomic mass is 10.1. The standard InChI is InChI=1S/C13H11F2NO3.C7H7Cl/c1-19-8-2-3-11-10(6-8)9(4-5-17)12(13(14)15)16(11)7-18;1-6-2-4-7(8)5-3-6/h2-3,5-7,13H,4H2,1H3;2-5H,1H3. The number of carbonyl (C=O) groups is 2. The van der Waals surface area contributed by atoms with Crippen molar-refractivity contribution in [1.29, 1.82) is 0 Å². The Morgan fingerprint density at radius 3 is 2.30 bits per heavy atom. The molecular formula is C20H18ClF2NO3. The molecule has 0 atom stereocenters. The number of benzene rings is 2. The summed E-state index contributed by atoms with van der Waals surface area (Å²) in [7, 11) is 1.45. The maximum atomic E-state index is 13.1. The Hall–Kier alpha value is -2.73. The van der Waals surface area contributed by atoms with Gasteiger partial charge in [0.25, 0.3) is 6.43 Å². The van der Waals surface area contributed by atoms with Gasteiger partial charge in [0.15, 0.2) is 0 Å². The number of fused-ring (bicyclic) bond motifs is 1. The van der Waals surface area contributed by atoms with Crippen LogP contribution in [0.15, 0.2) is 42.5 Å². The molecule has 4 nitrogen and oxygen atoms in total. The first-order valence-corrected chi connectivity index (χ1v) is 8.40. The Labute approximate surface area is 160 Å². The molecule has 27 heavy (non-hydrogen) atoms. The van der Waals surface area contributed by atoms with Crippen molar-refractivity contribution in [1.82, 2.24) is 4.57 Å². The van der Waals surface area contributed by atoms with Gasteiger partial charge in [0.05, 0.1) is 18.3 Å². The summed E-state index contributed by atoms with van der Waals surface area (Å²) in [5.74, 6) is 0.475. The first-order valence-electron chi connectivity index (χ1n) is 8.02. The third-order valence-corrected chi connectivity index (χ3v) is 4.22. The highest BCUT2D eigenvalue weighted by Crippen LogP contribution is 2.34. The van der Waals surface area contributed by atoms with Gasteiger partial charge in [0, 0.05) is 16.8 Å². The quantitative estimate of drug-likeness (QED) is 0.572. The van der Waals surface area contributed by atoms with E-state index in [0.29, 0.717) is 29.3 Å². The third-order valence-electron chi connectivity index (χ3n) is 3.97. The van der Waals surface area contributed by atoms with Gasteiger partial charge in [0.2, 0.25) is 6.41 Å². The monoisotopic (exact) mass is 393 g/mol. The van der Waals surface area contributed by atoms with Gasteiger partial charge in [-0.15, -0.1) is 0 Å². The maximum absolute atomic E-state index is 13.1. The predicted molar refractivity (Wildman–Crippen MR) is 102 cm³/mol. The number of methoxy groups -OCH3 is 1. The van der Waals surface area contributed by atoms with Crippen molar-refractivity contribution >= 4 is 35.2 Å². The molecule has 3 rings (SSSR count). The van der Waals surface area contributed by atoms with Crippen LogP contribution in [0.5, 0.6) is 5.75 Å². The number of carbonyl (C=O) groups excluding carboxylic acids is 2. The van der Waals surface area contributed by atoms with Crippen LogP contribution < -0.4 is 4.74 Å². The van der Waals surface area contributed by atoms with Crippen molar-refractivity contribution in [2.45, 2.75) is 19.8 Å². The summed E-state index contributed by atoms with van der Waals surface area (Å²) in [5.41, 5.74) is 1.30. The Kier molecular flexibility index (Phi) is 7.07. The van der Waals surface area contributed by atoms with Crippen LogP contribution in [0.4, 0.5) is 8.78 Å². The van der Waals surface area contributed by atoms with Gasteiger partial charge >= 0.3 is 0 Å². The van der Waals surface area contributed by atoms with Crippen LogP contribution in [0.25, 0.3) is 10.9 Å². The maximum Gasteiger partial charge on any atom is 0.279 e. The van der Waals surface area contributed by atoms with Crippen molar-refractivity contribution in [3.63, 3.8) is 0 Å². The van der Waals surface area contributed by atoms with Crippen molar-refractivity contribution in [3.05, 3.63) is 64.3 Å². The van der Waals surface area contributed by atoms with E-state index in [0.717, 1.165) is 9.59 Å². The molecule has 0 fully saturated rings. The Balaban J connectivity index is 0.000000273. The van der Waals surface area contributed by atoms with Crippen molar-refractivity contribution in [3.8, 4) is 5.75 Å². The summed E-state index contributed by atoms with van der Waals surface area (Å²) < 4.78 is 32.1. The SMILES string of the molecule is COc1ccc2c(c1)c(CC=O)c(C(F)F)n2C=O.Cc1ccc(Cl)cc1. The van der Waals surface area contributed by atoms with Gasteiger partial charge in [-0.05, 0) is 42.8 Å². The first-order chi connectivity index (χ1) is 12.9. The van der Waals surface area contributed by atoms with E-state index in [1.54, 1.807) is 12.1 Å². The van der Waals surface area contributed by atoms with Crippen molar-refractivity contribution in [2.24, 2.45) is 0 Å². The number of ether oxygens (including phenoxy) is 1. The van der Waals surface area contributed by atoms with Gasteiger partial charge in [-0.3, -0.25) is 9.36 Å². The number of aldehydes is 1. The zero-order valence-corrected chi connectivity index (χ0v) is 15.5. The Morgan fingerprint density at radius 2 is 1.81 bits per heavy atom. The number of hydrogen-bond acceptors (Lipinski definition) is 3. The lowest BCUT2D eigenvalue weighted by Crippen LogP contribution is -2.03. The van der Waals surface area contributed by atoms with E-state index in [9.17, 15) is 18.4 Å². The van der Waals surface area contributed by atoms with Crippen LogP contribution in [0.3, 0.4) is 0 Å². The molecule has 0 amide bonds. The summed E-state index contributed by atoms with van der Waals surface area (Å²) in [6, 6.07) is 12.4. The number of rotatable bonds is 5. The predicted octanol–water partition coefficient (Wildman–Crippen LogP) is 5.02. The van der Waals surface area contributed by atoms with Crippen LogP contribution in [-0.2, 0) is 16.0 Å². The van der Waals surface area contributed by atoms with E-state index >= 15 is 0 Å². The number of hydrogen-bond donors (Lipinski definition) is 0. The second-order valence-corrected chi connectivity index (χ2v) is 6.13. The smallest absolute Gasteiger partial charge is 0.279 e. The molecule has 142 valence electrons. The van der Waals surface area contributed by atoms with Gasteiger partial charge in [-0.25, -0.2) is 8.78 Å². The second-order valence-electron chi connectivity index (χ2n) is 5.69. The lowest BCUT2D eigenvalue weighted by molar-refractivity contribution is -0.107. The van der Waals surface area contributed by atoms with E-state index in [-0.39, 0.29) is 12.0 Å². The largest absolute Gasteiger partial charge is 0.497 e. The minimum absolute atomic E-state index is 0.158. The Bertz CT molecular complexity index is 916. The van der Waals surface area contributed by atoms with E-state index in [2.05, 4.69) is 0 Å². The zero-order valence-electron chi connectivity index (χ0n) is 14.8. The minimum atomic E-state index is -2.83. The fourth-order valence-corrected chi connectivity index (χ4v) is 2.81. The summed E-state index contributed by atoms with van der Waals surface area (Å²) in [6.07, 6.45) is -2.15. The number of nitrogens with zero attached hydrogens (tertiary/aromatic N) is 1. The normalized spacial score (nSPS) is 10.4. The van der Waals surface area contributed by atoms with E-state index in [1.165, 1.54) is 18.7 Å². The molecule has 0 saturated heterocycles. The third kappa shape index (κ3) is 4.71. The first kappa shape index (κ1) is 20.6. The van der Waals surface area contributed by atoms with Crippen LogP contribution in [0, 0.1) is 6.92 Å². The van der Waals surface area contributed by atoms with Gasteiger partial charge in [-0.2, -0.15) is 0 Å². The molecule has 0 aliphatic rings. The molecule has 1 heterocycles. The number of alkyl halides is 2. The highest BCUT2D eigenvalue weighted by molar-refractivity contribution is 6.30. The fourth-order valence-electron chi connectivity index (χ4n) is 2.69. The molecule has 0 bridgehead atoms. The number of aromatic nitrogens is 1. The Morgan fingerprint density at radius 1 is 1.15 bits per heavy atom. The molecule has 1 aromatic heterocycles. The fraction of sp³-hybridized carbons (Fsp3) is 0.200. The molecule has 0 unspecified atom stereocenters. The second kappa shape index (κ2) is 9.28. The van der Waals surface area contributed by atoms with Crippen LogP contribution in [0.1, 0.15) is 23.2 Å². The highest BCUT2D eigenvalue weighted by Gasteiger charge is 2.23. The molecule has 0 spiro atoms. The highest BCUT2D eigenvalue weighted by atomic mass is 35.5. The molecular weight excluding hydrogens is 376 g/mol. The zero-order chi connectivity index (χ0) is 20.0. The number of halogens is 3. The van der Waals surface area contributed by atoms with Crippen LogP contribution in [0.2, 0.25) is 5.02 Å². The summed E-state index contributed by atoms with van der Waals surface area (Å²) in [4.78, 5) is 21.7. The van der Waals surface area contributed by atoms with Gasteiger partial charge in [0.1, 0.15) is 12.0 Å². The summed E-state index contributed by atoms with van der Waals surface area (Å²) in [5, 5.41) is 1.23. The van der Waals surface area contributed by atoms with Crippen LogP contribution >= 0.6 is 11.6 Å². The summed E-state index contributed by atoms with van der Waals surface area (Å²) in [6.45, 7) is 2.04. The number of aryl methyl sites for hydroxylation is 1. The topological polar surface area (TPSA) is 48.3 Å². The van der Waals surface area contributed by atoms with Crippen LogP contribution in [-0.4, -0.2) is 24.4 Å². The van der Waals surface area contributed by atoms with E-state index < -0.39 is 12.1 Å².